The molecule has 0 spiro atoms. The van der Waals surface area contributed by atoms with Crippen molar-refractivity contribution in [3.63, 3.8) is 0 Å². The maximum atomic E-state index is 10.8. The molecule has 5 nitrogen and oxygen atoms in total. The van der Waals surface area contributed by atoms with Gasteiger partial charge in [-0.15, -0.1) is 4.91 Å². The van der Waals surface area contributed by atoms with E-state index in [0.717, 1.165) is 0 Å². The Morgan fingerprint density at radius 3 is 2.29 bits per heavy atom. The zero-order valence-corrected chi connectivity index (χ0v) is 8.50. The zero-order valence-electron chi connectivity index (χ0n) is 7.68. The maximum Gasteiger partial charge on any atom is 0.294 e. The zero-order chi connectivity index (χ0) is 10.9. The minimum absolute atomic E-state index is 0.0557. The van der Waals surface area contributed by atoms with E-state index in [1.165, 1.54) is 19.1 Å². The minimum atomic E-state index is -4.28. The molecule has 0 amide bonds. The molecule has 1 aromatic carbocycles. The van der Waals surface area contributed by atoms with Crippen molar-refractivity contribution in [1.82, 2.24) is 0 Å². The molecular weight excluding hydrogens is 206 g/mol. The maximum absolute atomic E-state index is 10.8. The average molecular weight is 215 g/mol. The second-order valence-electron chi connectivity index (χ2n) is 2.92. The van der Waals surface area contributed by atoms with Crippen LogP contribution in [-0.2, 0) is 10.1 Å². The van der Waals surface area contributed by atoms with Crippen molar-refractivity contribution in [2.75, 3.05) is 0 Å². The van der Waals surface area contributed by atoms with Crippen LogP contribution in [-0.4, -0.2) is 13.0 Å². The lowest BCUT2D eigenvalue weighted by Crippen LogP contribution is -2.01. The summed E-state index contributed by atoms with van der Waals surface area (Å²) in [7, 11) is -4.28. The molecule has 1 rings (SSSR count). The van der Waals surface area contributed by atoms with Crippen molar-refractivity contribution in [2.24, 2.45) is 5.18 Å². The Bertz CT molecular complexity index is 478. The lowest BCUT2D eigenvalue weighted by atomic mass is 10.1. The van der Waals surface area contributed by atoms with Crippen molar-refractivity contribution >= 4 is 15.8 Å². The fraction of sp³-hybridized carbons (Fsp3) is 0.250. The summed E-state index contributed by atoms with van der Waals surface area (Å²) in [5, 5.41) is 2.72. The van der Waals surface area contributed by atoms with Gasteiger partial charge >= 0.3 is 0 Å². The van der Waals surface area contributed by atoms with E-state index in [0.29, 0.717) is 5.56 Å². The molecule has 0 heterocycles. The van der Waals surface area contributed by atoms with Crippen LogP contribution in [0.1, 0.15) is 11.1 Å². The van der Waals surface area contributed by atoms with Gasteiger partial charge in [-0.2, -0.15) is 8.42 Å². The quantitative estimate of drug-likeness (QED) is 0.603. The molecule has 0 aliphatic rings. The molecule has 0 saturated carbocycles. The first-order valence-corrected chi connectivity index (χ1v) is 5.23. The van der Waals surface area contributed by atoms with E-state index in [2.05, 4.69) is 5.18 Å². The van der Waals surface area contributed by atoms with Gasteiger partial charge in [-0.25, -0.2) is 0 Å². The molecule has 0 bridgehead atoms. The van der Waals surface area contributed by atoms with Gasteiger partial charge in [0, 0.05) is 0 Å². The third-order valence-corrected chi connectivity index (χ3v) is 2.95. The molecule has 6 heteroatoms. The second kappa shape index (κ2) is 3.47. The lowest BCUT2D eigenvalue weighted by Gasteiger charge is -2.05. The molecule has 0 radical (unpaired) electrons. The molecule has 0 unspecified atom stereocenters. The van der Waals surface area contributed by atoms with Crippen LogP contribution < -0.4 is 0 Å². The normalized spacial score (nSPS) is 11.4. The lowest BCUT2D eigenvalue weighted by molar-refractivity contribution is 0.482. The van der Waals surface area contributed by atoms with Crippen LogP contribution in [0.25, 0.3) is 0 Å². The van der Waals surface area contributed by atoms with Gasteiger partial charge in [0.25, 0.3) is 10.1 Å². The minimum Gasteiger partial charge on any atom is -0.282 e. The number of rotatable bonds is 2. The van der Waals surface area contributed by atoms with Gasteiger partial charge in [0.1, 0.15) is 5.69 Å². The van der Waals surface area contributed by atoms with Gasteiger partial charge in [-0.3, -0.25) is 4.55 Å². The fourth-order valence-electron chi connectivity index (χ4n) is 1.24. The van der Waals surface area contributed by atoms with E-state index in [1.54, 1.807) is 6.92 Å². The summed E-state index contributed by atoms with van der Waals surface area (Å²) in [5.74, 6) is 0. The number of aryl methyl sites for hydroxylation is 1. The SMILES string of the molecule is Cc1ccc(S(=O)(=O)O)c(C)c1N=O. The molecule has 1 aromatic rings. The highest BCUT2D eigenvalue weighted by Gasteiger charge is 2.17. The number of hydrogen-bond acceptors (Lipinski definition) is 4. The number of nitroso groups, excluding NO2 is 1. The Morgan fingerprint density at radius 2 is 1.86 bits per heavy atom. The summed E-state index contributed by atoms with van der Waals surface area (Å²) in [6, 6.07) is 2.67. The highest BCUT2D eigenvalue weighted by atomic mass is 32.2. The monoisotopic (exact) mass is 215 g/mol. The fourth-order valence-corrected chi connectivity index (χ4v) is 1.96. The molecule has 0 fully saturated rings. The Labute approximate surface area is 81.5 Å². The number of hydrogen-bond donors (Lipinski definition) is 1. The van der Waals surface area contributed by atoms with E-state index < -0.39 is 10.1 Å². The van der Waals surface area contributed by atoms with E-state index in [9.17, 15) is 13.3 Å². The molecule has 0 aliphatic carbocycles. The van der Waals surface area contributed by atoms with Crippen LogP contribution in [0.15, 0.2) is 22.2 Å². The molecular formula is C8H9NO4S. The van der Waals surface area contributed by atoms with E-state index in [-0.39, 0.29) is 16.1 Å². The summed E-state index contributed by atoms with van der Waals surface area (Å²) in [5.41, 5.74) is 0.799. The predicted molar refractivity (Wildman–Crippen MR) is 51.2 cm³/mol. The molecule has 76 valence electrons. The Balaban J connectivity index is 3.60. The van der Waals surface area contributed by atoms with Crippen LogP contribution in [0.5, 0.6) is 0 Å². The smallest absolute Gasteiger partial charge is 0.282 e. The molecule has 0 atom stereocenters. The molecule has 14 heavy (non-hydrogen) atoms. The van der Waals surface area contributed by atoms with Crippen molar-refractivity contribution in [3.8, 4) is 0 Å². The van der Waals surface area contributed by atoms with Crippen molar-refractivity contribution in [3.05, 3.63) is 28.2 Å². The van der Waals surface area contributed by atoms with E-state index in [1.807, 2.05) is 0 Å². The standard InChI is InChI=1S/C8H9NO4S/c1-5-3-4-7(14(11,12)13)6(2)8(5)9-10/h3-4H,1-2H3,(H,11,12,13). The van der Waals surface area contributed by atoms with Crippen LogP contribution in [0, 0.1) is 18.8 Å². The molecule has 0 aliphatic heterocycles. The summed E-state index contributed by atoms with van der Waals surface area (Å²) < 4.78 is 30.5. The Morgan fingerprint density at radius 1 is 1.29 bits per heavy atom. The van der Waals surface area contributed by atoms with Gasteiger partial charge in [0.15, 0.2) is 0 Å². The third kappa shape index (κ3) is 1.80. The third-order valence-electron chi connectivity index (χ3n) is 1.95. The first-order chi connectivity index (χ1) is 6.38. The average Bonchev–Trinajstić information content (AvgIpc) is 2.02. The van der Waals surface area contributed by atoms with Gasteiger partial charge in [0.2, 0.25) is 0 Å². The van der Waals surface area contributed by atoms with Crippen LogP contribution >= 0.6 is 0 Å². The highest BCUT2D eigenvalue weighted by molar-refractivity contribution is 7.85. The predicted octanol–water partition coefficient (Wildman–Crippen LogP) is 1.95. The van der Waals surface area contributed by atoms with Crippen LogP contribution in [0.4, 0.5) is 5.69 Å². The van der Waals surface area contributed by atoms with E-state index in [4.69, 9.17) is 4.55 Å². The van der Waals surface area contributed by atoms with Crippen molar-refractivity contribution < 1.29 is 13.0 Å². The molecule has 0 aromatic heterocycles. The van der Waals surface area contributed by atoms with Crippen LogP contribution in [0.2, 0.25) is 0 Å². The van der Waals surface area contributed by atoms with Gasteiger partial charge in [-0.1, -0.05) is 6.07 Å². The first-order valence-electron chi connectivity index (χ1n) is 3.79. The number of benzene rings is 1. The molecule has 0 saturated heterocycles. The summed E-state index contributed by atoms with van der Waals surface area (Å²) in [6.45, 7) is 3.06. The highest BCUT2D eigenvalue weighted by Crippen LogP contribution is 2.28. The molecule has 1 N–H and O–H groups in total. The van der Waals surface area contributed by atoms with Crippen molar-refractivity contribution in [2.45, 2.75) is 18.7 Å². The first kappa shape index (κ1) is 10.8. The topological polar surface area (TPSA) is 83.8 Å². The number of nitrogens with zero attached hydrogens (tertiary/aromatic N) is 1. The largest absolute Gasteiger partial charge is 0.294 e. The second-order valence-corrected chi connectivity index (χ2v) is 4.31. The van der Waals surface area contributed by atoms with Gasteiger partial charge in [-0.05, 0) is 36.2 Å². The summed E-state index contributed by atoms with van der Waals surface area (Å²) in [4.78, 5) is 10.1. The summed E-state index contributed by atoms with van der Waals surface area (Å²) >= 11 is 0. The van der Waals surface area contributed by atoms with E-state index >= 15 is 0 Å². The van der Waals surface area contributed by atoms with Crippen LogP contribution in [0.3, 0.4) is 0 Å². The summed E-state index contributed by atoms with van der Waals surface area (Å²) in [6.07, 6.45) is 0. The Hall–Kier alpha value is -1.27. The van der Waals surface area contributed by atoms with Gasteiger partial charge < -0.3 is 0 Å². The Kier molecular flexibility index (Phi) is 2.68. The van der Waals surface area contributed by atoms with Crippen molar-refractivity contribution in [1.29, 1.82) is 0 Å². The van der Waals surface area contributed by atoms with Gasteiger partial charge in [0.05, 0.1) is 4.90 Å².